The number of rotatable bonds is 3. The summed E-state index contributed by atoms with van der Waals surface area (Å²) in [6.45, 7) is 13.6. The zero-order valence-corrected chi connectivity index (χ0v) is 14.5. The van der Waals surface area contributed by atoms with Crippen LogP contribution in [0.3, 0.4) is 0 Å². The fourth-order valence-corrected chi connectivity index (χ4v) is 1.76. The van der Waals surface area contributed by atoms with Crippen LogP contribution in [0.2, 0.25) is 0 Å². The summed E-state index contributed by atoms with van der Waals surface area (Å²) in [7, 11) is 0. The highest BCUT2D eigenvalue weighted by Gasteiger charge is 2.10. The minimum atomic E-state index is 0.560. The molecule has 5 nitrogen and oxygen atoms in total. The lowest BCUT2D eigenvalue weighted by Crippen LogP contribution is -2.00. The van der Waals surface area contributed by atoms with Crippen LogP contribution in [0.4, 0.5) is 0 Å². The number of hydrogen-bond acceptors (Lipinski definition) is 4. The average molecular weight is 309 g/mol. The van der Waals surface area contributed by atoms with Crippen molar-refractivity contribution in [2.75, 3.05) is 0 Å². The van der Waals surface area contributed by atoms with Gasteiger partial charge in [-0.3, -0.25) is 0 Å². The highest BCUT2D eigenvalue weighted by atomic mass is 15.3. The molecule has 2 heterocycles. The van der Waals surface area contributed by atoms with Crippen molar-refractivity contribution < 1.29 is 0 Å². The fourth-order valence-electron chi connectivity index (χ4n) is 1.76. The van der Waals surface area contributed by atoms with Crippen molar-refractivity contribution in [3.05, 3.63) is 41.7 Å². The van der Waals surface area contributed by atoms with E-state index in [-0.39, 0.29) is 0 Å². The quantitative estimate of drug-likeness (QED) is 0.784. The number of aryl methyl sites for hydroxylation is 1. The molecular weight excluding hydrogens is 286 g/mol. The van der Waals surface area contributed by atoms with E-state index >= 15 is 0 Å². The number of fused-ring (bicyclic) bond motifs is 1. The van der Waals surface area contributed by atoms with Crippen LogP contribution in [0.25, 0.3) is 16.9 Å². The first kappa shape index (κ1) is 18.3. The van der Waals surface area contributed by atoms with Gasteiger partial charge in [0.05, 0.1) is 17.5 Å². The van der Waals surface area contributed by atoms with Crippen LogP contribution in [-0.4, -0.2) is 21.0 Å². The molecule has 2 rings (SSSR count). The standard InChI is InChI=1S/C15H15N5.C3H8/c1-5-14(17-8-10(2)3)20-15-13(9-18-20)6-12(7-16)11(4)19-15;1-3-2/h5-6,8-9H,2H2,1,3-4H3;3H2,1-2H3/b14-5+,17-8-;. The Morgan fingerprint density at radius 3 is 2.65 bits per heavy atom. The van der Waals surface area contributed by atoms with E-state index in [1.54, 1.807) is 23.2 Å². The summed E-state index contributed by atoms with van der Waals surface area (Å²) in [5, 5.41) is 14.1. The Morgan fingerprint density at radius 1 is 1.48 bits per heavy atom. The maximum absolute atomic E-state index is 9.02. The van der Waals surface area contributed by atoms with Gasteiger partial charge in [-0.15, -0.1) is 0 Å². The molecule has 0 saturated carbocycles. The smallest absolute Gasteiger partial charge is 0.165 e. The van der Waals surface area contributed by atoms with Gasteiger partial charge < -0.3 is 0 Å². The minimum Gasteiger partial charge on any atom is -0.237 e. The van der Waals surface area contributed by atoms with Crippen LogP contribution in [0.5, 0.6) is 0 Å². The molecule has 0 spiro atoms. The molecule has 0 bridgehead atoms. The fraction of sp³-hybridized carbons (Fsp3) is 0.333. The second-order valence-corrected chi connectivity index (χ2v) is 5.16. The van der Waals surface area contributed by atoms with Crippen LogP contribution in [0, 0.1) is 18.3 Å². The molecule has 0 aliphatic heterocycles. The summed E-state index contributed by atoms with van der Waals surface area (Å²) >= 11 is 0. The summed E-state index contributed by atoms with van der Waals surface area (Å²) in [5.74, 6) is 0.666. The van der Waals surface area contributed by atoms with Crippen molar-refractivity contribution in [2.24, 2.45) is 4.99 Å². The van der Waals surface area contributed by atoms with Crippen LogP contribution in [-0.2, 0) is 0 Å². The van der Waals surface area contributed by atoms with Gasteiger partial charge >= 0.3 is 0 Å². The van der Waals surface area contributed by atoms with E-state index in [9.17, 15) is 0 Å². The van der Waals surface area contributed by atoms with E-state index in [4.69, 9.17) is 5.26 Å². The number of pyridine rings is 1. The van der Waals surface area contributed by atoms with E-state index in [1.165, 1.54) is 6.42 Å². The van der Waals surface area contributed by atoms with Gasteiger partial charge in [-0.25, -0.2) is 9.98 Å². The molecule has 0 aromatic carbocycles. The number of aromatic nitrogens is 3. The largest absolute Gasteiger partial charge is 0.237 e. The molecule has 120 valence electrons. The Morgan fingerprint density at radius 2 is 2.13 bits per heavy atom. The van der Waals surface area contributed by atoms with E-state index in [0.29, 0.717) is 22.7 Å². The van der Waals surface area contributed by atoms with E-state index in [0.717, 1.165) is 11.0 Å². The van der Waals surface area contributed by atoms with Crippen LogP contribution >= 0.6 is 0 Å². The second kappa shape index (κ2) is 8.64. The second-order valence-electron chi connectivity index (χ2n) is 5.16. The van der Waals surface area contributed by atoms with E-state index in [1.807, 2.05) is 26.8 Å². The Kier molecular flexibility index (Phi) is 6.88. The van der Waals surface area contributed by atoms with Gasteiger partial charge in [0.25, 0.3) is 0 Å². The molecule has 0 aliphatic carbocycles. The SMILES string of the molecule is C=C(C)/C=N\C(=C/C)n1ncc2cc(C#N)c(C)nc21.CCC. The highest BCUT2D eigenvalue weighted by molar-refractivity contribution is 5.83. The van der Waals surface area contributed by atoms with Crippen LogP contribution < -0.4 is 0 Å². The van der Waals surface area contributed by atoms with Gasteiger partial charge in [-0.1, -0.05) is 26.8 Å². The summed E-state index contributed by atoms with van der Waals surface area (Å²) in [5.41, 5.74) is 2.79. The Hall–Kier alpha value is -2.74. The van der Waals surface area contributed by atoms with Crippen molar-refractivity contribution in [3.8, 4) is 6.07 Å². The number of hydrogen-bond donors (Lipinski definition) is 0. The summed E-state index contributed by atoms with van der Waals surface area (Å²) < 4.78 is 1.66. The molecule has 0 unspecified atom stereocenters. The number of nitrogens with zero attached hydrogens (tertiary/aromatic N) is 5. The first-order chi connectivity index (χ1) is 11.0. The highest BCUT2D eigenvalue weighted by Crippen LogP contribution is 2.19. The minimum absolute atomic E-state index is 0.560. The van der Waals surface area contributed by atoms with Gasteiger partial charge in [-0.2, -0.15) is 15.0 Å². The van der Waals surface area contributed by atoms with Gasteiger partial charge in [0.2, 0.25) is 0 Å². The predicted molar refractivity (Wildman–Crippen MR) is 96.2 cm³/mol. The molecule has 0 N–H and O–H groups in total. The van der Waals surface area contributed by atoms with Crippen molar-refractivity contribution in [3.63, 3.8) is 0 Å². The molecule has 2 aromatic rings. The Balaban J connectivity index is 0.000000816. The lowest BCUT2D eigenvalue weighted by Gasteiger charge is -2.04. The summed E-state index contributed by atoms with van der Waals surface area (Å²) in [6, 6.07) is 3.91. The first-order valence-corrected chi connectivity index (χ1v) is 7.60. The normalized spacial score (nSPS) is 11.2. The van der Waals surface area contributed by atoms with E-state index in [2.05, 4.69) is 41.6 Å². The molecule has 0 amide bonds. The molecule has 0 aliphatic rings. The van der Waals surface area contributed by atoms with Crippen molar-refractivity contribution >= 4 is 23.1 Å². The van der Waals surface area contributed by atoms with Crippen LogP contribution in [0.15, 0.2) is 35.5 Å². The van der Waals surface area contributed by atoms with Crippen LogP contribution in [0.1, 0.15) is 45.4 Å². The van der Waals surface area contributed by atoms with Crippen molar-refractivity contribution in [1.29, 1.82) is 5.26 Å². The average Bonchev–Trinajstić information content (AvgIpc) is 2.90. The third-order valence-corrected chi connectivity index (χ3v) is 2.75. The third kappa shape index (κ3) is 4.62. The predicted octanol–water partition coefficient (Wildman–Crippen LogP) is 4.49. The number of allylic oxidation sites excluding steroid dienone is 2. The number of aliphatic imine (C=N–C) groups is 1. The molecule has 23 heavy (non-hydrogen) atoms. The summed E-state index contributed by atoms with van der Waals surface area (Å²) in [4.78, 5) is 8.78. The van der Waals surface area contributed by atoms with Crippen molar-refractivity contribution in [2.45, 2.75) is 41.0 Å². The molecule has 0 saturated heterocycles. The monoisotopic (exact) mass is 309 g/mol. The van der Waals surface area contributed by atoms with Gasteiger partial charge in [0.15, 0.2) is 11.5 Å². The lowest BCUT2D eigenvalue weighted by atomic mass is 10.2. The topological polar surface area (TPSA) is 66.9 Å². The maximum Gasteiger partial charge on any atom is 0.165 e. The molecular formula is C18H23N5. The van der Waals surface area contributed by atoms with Gasteiger partial charge in [0.1, 0.15) is 6.07 Å². The lowest BCUT2D eigenvalue weighted by molar-refractivity contribution is 0.899. The maximum atomic E-state index is 9.02. The molecule has 5 heteroatoms. The Bertz CT molecular complexity index is 788. The molecule has 2 aromatic heterocycles. The molecule has 0 atom stereocenters. The Labute approximate surface area is 137 Å². The van der Waals surface area contributed by atoms with Gasteiger partial charge in [-0.05, 0) is 38.5 Å². The molecule has 0 radical (unpaired) electrons. The summed E-state index contributed by atoms with van der Waals surface area (Å²) in [6.07, 6.45) is 6.46. The molecule has 0 fully saturated rings. The zero-order chi connectivity index (χ0) is 17.4. The first-order valence-electron chi connectivity index (χ1n) is 7.60. The number of nitriles is 1. The van der Waals surface area contributed by atoms with E-state index < -0.39 is 0 Å². The van der Waals surface area contributed by atoms with Gasteiger partial charge in [0, 0.05) is 11.6 Å². The third-order valence-electron chi connectivity index (χ3n) is 2.75. The van der Waals surface area contributed by atoms with Crippen molar-refractivity contribution in [1.82, 2.24) is 14.8 Å². The zero-order valence-electron chi connectivity index (χ0n) is 14.5.